The quantitative estimate of drug-likeness (QED) is 0.693. The number of nitrogens with one attached hydrogen (secondary N) is 1. The van der Waals surface area contributed by atoms with Crippen LogP contribution in [0.2, 0.25) is 5.02 Å². The average molecular weight is 343 g/mol. The number of halogens is 1. The summed E-state index contributed by atoms with van der Waals surface area (Å²) in [5.74, 6) is 0. The van der Waals surface area contributed by atoms with Crippen LogP contribution in [0.5, 0.6) is 0 Å². The zero-order valence-corrected chi connectivity index (χ0v) is 13.8. The maximum atomic E-state index is 10.4. The Labute approximate surface area is 145 Å². The third-order valence-corrected chi connectivity index (χ3v) is 4.10. The van der Waals surface area contributed by atoms with Crippen molar-refractivity contribution in [3.63, 3.8) is 0 Å². The van der Waals surface area contributed by atoms with Crippen LogP contribution in [0.4, 0.5) is 0 Å². The first kappa shape index (κ1) is 16.6. The van der Waals surface area contributed by atoms with E-state index in [9.17, 15) is 5.11 Å². The normalized spacial score (nSPS) is 13.6. The molecule has 0 radical (unpaired) electrons. The molecule has 2 atom stereocenters. The Morgan fingerprint density at radius 3 is 2.46 bits per heavy atom. The van der Waals surface area contributed by atoms with Gasteiger partial charge in [-0.25, -0.2) is 4.98 Å². The second kappa shape index (κ2) is 8.06. The van der Waals surface area contributed by atoms with E-state index >= 15 is 0 Å². The Morgan fingerprint density at radius 2 is 1.79 bits per heavy atom. The average Bonchev–Trinajstić information content (AvgIpc) is 3.13. The van der Waals surface area contributed by atoms with E-state index in [2.05, 4.69) is 27.5 Å². The van der Waals surface area contributed by atoms with Gasteiger partial charge in [-0.3, -0.25) is 4.68 Å². The van der Waals surface area contributed by atoms with Gasteiger partial charge in [-0.15, -0.1) is 0 Å². The van der Waals surface area contributed by atoms with Crippen LogP contribution in [0.3, 0.4) is 0 Å². The number of hydrogen-bond donors (Lipinski definition) is 2. The lowest BCUT2D eigenvalue weighted by Crippen LogP contribution is -2.29. The molecule has 6 heteroatoms. The molecule has 3 aromatic rings. The van der Waals surface area contributed by atoms with E-state index in [0.717, 1.165) is 11.1 Å². The summed E-state index contributed by atoms with van der Waals surface area (Å²) >= 11 is 5.89. The maximum Gasteiger partial charge on any atom is 0.137 e. The van der Waals surface area contributed by atoms with Crippen LogP contribution in [0.25, 0.3) is 0 Å². The number of hydrogen-bond acceptors (Lipinski definition) is 4. The van der Waals surface area contributed by atoms with Gasteiger partial charge in [0.05, 0.1) is 18.7 Å². The van der Waals surface area contributed by atoms with E-state index in [1.165, 1.54) is 6.33 Å². The molecule has 5 nitrogen and oxygen atoms in total. The van der Waals surface area contributed by atoms with Crippen molar-refractivity contribution in [1.82, 2.24) is 20.1 Å². The minimum atomic E-state index is -0.607. The molecule has 0 saturated carbocycles. The molecular formula is C18H19ClN4O. The van der Waals surface area contributed by atoms with Crippen molar-refractivity contribution in [3.8, 4) is 0 Å². The molecule has 0 aliphatic heterocycles. The van der Waals surface area contributed by atoms with Crippen molar-refractivity contribution in [1.29, 1.82) is 0 Å². The first-order valence-corrected chi connectivity index (χ1v) is 8.14. The lowest BCUT2D eigenvalue weighted by molar-refractivity contribution is 0.167. The van der Waals surface area contributed by atoms with E-state index in [1.54, 1.807) is 23.1 Å². The van der Waals surface area contributed by atoms with Crippen LogP contribution < -0.4 is 5.32 Å². The molecule has 1 heterocycles. The summed E-state index contributed by atoms with van der Waals surface area (Å²) in [5.41, 5.74) is 1.97. The fourth-order valence-corrected chi connectivity index (χ4v) is 2.67. The molecule has 0 amide bonds. The van der Waals surface area contributed by atoms with Crippen LogP contribution in [-0.4, -0.2) is 26.4 Å². The van der Waals surface area contributed by atoms with Crippen molar-refractivity contribution in [3.05, 3.63) is 83.4 Å². The van der Waals surface area contributed by atoms with Gasteiger partial charge in [0.15, 0.2) is 0 Å². The molecule has 0 spiro atoms. The zero-order valence-electron chi connectivity index (χ0n) is 13.1. The molecule has 0 saturated heterocycles. The SMILES string of the molecule is OC(CNC(Cn1cncn1)c1ccccc1)c1ccc(Cl)cc1. The van der Waals surface area contributed by atoms with E-state index in [1.807, 2.05) is 30.3 Å². The van der Waals surface area contributed by atoms with Gasteiger partial charge < -0.3 is 10.4 Å². The Balaban J connectivity index is 1.68. The van der Waals surface area contributed by atoms with E-state index in [-0.39, 0.29) is 6.04 Å². The summed E-state index contributed by atoms with van der Waals surface area (Å²) in [5, 5.41) is 18.6. The third kappa shape index (κ3) is 4.41. The fraction of sp³-hybridized carbons (Fsp3) is 0.222. The van der Waals surface area contributed by atoms with Crippen LogP contribution >= 0.6 is 11.6 Å². The van der Waals surface area contributed by atoms with Crippen LogP contribution in [0, 0.1) is 0 Å². The second-order valence-corrected chi connectivity index (χ2v) is 5.99. The molecule has 1 aromatic heterocycles. The number of aliphatic hydroxyl groups excluding tert-OH is 1. The van der Waals surface area contributed by atoms with Gasteiger partial charge in [0.2, 0.25) is 0 Å². The molecule has 0 aliphatic rings. The Hall–Kier alpha value is -2.21. The lowest BCUT2D eigenvalue weighted by atomic mass is 10.1. The second-order valence-electron chi connectivity index (χ2n) is 5.56. The third-order valence-electron chi connectivity index (χ3n) is 3.85. The van der Waals surface area contributed by atoms with Gasteiger partial charge in [0.1, 0.15) is 12.7 Å². The first-order chi connectivity index (χ1) is 11.7. The van der Waals surface area contributed by atoms with Crippen LogP contribution in [0.15, 0.2) is 67.3 Å². The van der Waals surface area contributed by atoms with E-state index in [0.29, 0.717) is 18.1 Å². The monoisotopic (exact) mass is 342 g/mol. The fourth-order valence-electron chi connectivity index (χ4n) is 2.54. The van der Waals surface area contributed by atoms with Crippen molar-refractivity contribution in [2.75, 3.05) is 6.54 Å². The van der Waals surface area contributed by atoms with Crippen molar-refractivity contribution >= 4 is 11.6 Å². The molecule has 2 aromatic carbocycles. The highest BCUT2D eigenvalue weighted by molar-refractivity contribution is 6.30. The summed E-state index contributed by atoms with van der Waals surface area (Å²) in [7, 11) is 0. The summed E-state index contributed by atoms with van der Waals surface area (Å²) in [4.78, 5) is 3.98. The summed E-state index contributed by atoms with van der Waals surface area (Å²) in [6.07, 6.45) is 2.60. The predicted octanol–water partition coefficient (Wildman–Crippen LogP) is 3.00. The molecule has 0 fully saturated rings. The Kier molecular flexibility index (Phi) is 5.59. The number of benzene rings is 2. The highest BCUT2D eigenvalue weighted by Gasteiger charge is 2.15. The van der Waals surface area contributed by atoms with Crippen molar-refractivity contribution in [2.24, 2.45) is 0 Å². The summed E-state index contributed by atoms with van der Waals surface area (Å²) < 4.78 is 1.78. The van der Waals surface area contributed by atoms with Gasteiger partial charge in [0, 0.05) is 11.6 Å². The molecule has 0 aliphatic carbocycles. The minimum Gasteiger partial charge on any atom is -0.387 e. The van der Waals surface area contributed by atoms with Crippen molar-refractivity contribution in [2.45, 2.75) is 18.7 Å². The number of aliphatic hydroxyl groups is 1. The van der Waals surface area contributed by atoms with E-state index < -0.39 is 6.10 Å². The molecule has 2 unspecified atom stereocenters. The highest BCUT2D eigenvalue weighted by atomic mass is 35.5. The predicted molar refractivity (Wildman–Crippen MR) is 93.6 cm³/mol. The molecule has 2 N–H and O–H groups in total. The van der Waals surface area contributed by atoms with Crippen molar-refractivity contribution < 1.29 is 5.11 Å². The maximum absolute atomic E-state index is 10.4. The Morgan fingerprint density at radius 1 is 1.04 bits per heavy atom. The Bertz CT molecular complexity index is 731. The highest BCUT2D eigenvalue weighted by Crippen LogP contribution is 2.19. The molecular weight excluding hydrogens is 324 g/mol. The number of aromatic nitrogens is 3. The van der Waals surface area contributed by atoms with Gasteiger partial charge >= 0.3 is 0 Å². The largest absolute Gasteiger partial charge is 0.387 e. The topological polar surface area (TPSA) is 63.0 Å². The smallest absolute Gasteiger partial charge is 0.137 e. The minimum absolute atomic E-state index is 0.0230. The molecule has 0 bridgehead atoms. The van der Waals surface area contributed by atoms with E-state index in [4.69, 9.17) is 11.6 Å². The zero-order chi connectivity index (χ0) is 16.8. The number of rotatable bonds is 7. The number of nitrogens with zero attached hydrogens (tertiary/aromatic N) is 3. The summed E-state index contributed by atoms with van der Waals surface area (Å²) in [6, 6.07) is 17.4. The first-order valence-electron chi connectivity index (χ1n) is 7.76. The molecule has 3 rings (SSSR count). The lowest BCUT2D eigenvalue weighted by Gasteiger charge is -2.21. The molecule has 124 valence electrons. The van der Waals surface area contributed by atoms with Gasteiger partial charge in [-0.1, -0.05) is 54.1 Å². The van der Waals surface area contributed by atoms with Gasteiger partial charge in [-0.05, 0) is 23.3 Å². The summed E-state index contributed by atoms with van der Waals surface area (Å²) in [6.45, 7) is 1.06. The van der Waals surface area contributed by atoms with Crippen LogP contribution in [0.1, 0.15) is 23.3 Å². The van der Waals surface area contributed by atoms with Gasteiger partial charge in [-0.2, -0.15) is 5.10 Å². The van der Waals surface area contributed by atoms with Crippen LogP contribution in [-0.2, 0) is 6.54 Å². The van der Waals surface area contributed by atoms with Gasteiger partial charge in [0.25, 0.3) is 0 Å². The standard InChI is InChI=1S/C18H19ClN4O/c19-16-8-6-15(7-9-16)18(24)10-21-17(11-23-13-20-12-22-23)14-4-2-1-3-5-14/h1-9,12-13,17-18,21,24H,10-11H2. The molecule has 24 heavy (non-hydrogen) atoms.